The zero-order chi connectivity index (χ0) is 14.4. The topological polar surface area (TPSA) is 143 Å². The van der Waals surface area contributed by atoms with Crippen molar-refractivity contribution in [2.24, 2.45) is 5.73 Å². The highest BCUT2D eigenvalue weighted by atomic mass is 32.1. The third-order valence-corrected chi connectivity index (χ3v) is 3.04. The minimum atomic E-state index is -1.13. The summed E-state index contributed by atoms with van der Waals surface area (Å²) in [7, 11) is 0. The fraction of sp³-hybridized carbons (Fsp3) is 0.400. The first-order valence-corrected chi connectivity index (χ1v) is 6.21. The van der Waals surface area contributed by atoms with Crippen molar-refractivity contribution in [2.45, 2.75) is 25.4 Å². The first-order valence-electron chi connectivity index (χ1n) is 5.33. The van der Waals surface area contributed by atoms with E-state index < -0.39 is 23.9 Å². The van der Waals surface area contributed by atoms with Crippen molar-refractivity contribution in [3.63, 3.8) is 0 Å². The summed E-state index contributed by atoms with van der Waals surface area (Å²) in [4.78, 5) is 36.2. The molecular weight excluding hydrogens is 274 g/mol. The molecule has 0 aliphatic heterocycles. The Morgan fingerprint density at radius 3 is 2.63 bits per heavy atom. The molecule has 19 heavy (non-hydrogen) atoms. The highest BCUT2D eigenvalue weighted by Gasteiger charge is 2.15. The van der Waals surface area contributed by atoms with Crippen molar-refractivity contribution >= 4 is 29.2 Å². The quantitative estimate of drug-likeness (QED) is 0.536. The number of amides is 1. The predicted molar refractivity (Wildman–Crippen MR) is 65.8 cm³/mol. The maximum Gasteiger partial charge on any atom is 0.355 e. The summed E-state index contributed by atoms with van der Waals surface area (Å²) in [5, 5.41) is 21.4. The number of carbonyl (C=O) groups is 3. The number of carbonyl (C=O) groups excluding carboxylic acids is 1. The van der Waals surface area contributed by atoms with Gasteiger partial charge in [-0.1, -0.05) is 0 Å². The van der Waals surface area contributed by atoms with Crippen LogP contribution in [0.2, 0.25) is 0 Å². The van der Waals surface area contributed by atoms with Crippen molar-refractivity contribution < 1.29 is 24.6 Å². The maximum absolute atomic E-state index is 11.5. The first-order chi connectivity index (χ1) is 8.90. The number of aromatic nitrogens is 1. The van der Waals surface area contributed by atoms with E-state index in [1.165, 1.54) is 5.38 Å². The molecule has 0 saturated carbocycles. The van der Waals surface area contributed by atoms with E-state index in [-0.39, 0.29) is 25.1 Å². The monoisotopic (exact) mass is 287 g/mol. The van der Waals surface area contributed by atoms with Crippen molar-refractivity contribution in [1.29, 1.82) is 0 Å². The van der Waals surface area contributed by atoms with Gasteiger partial charge < -0.3 is 21.3 Å². The summed E-state index contributed by atoms with van der Waals surface area (Å²) in [6.07, 6.45) is -0.144. The standard InChI is InChI=1S/C10H13N3O5S/c11-5(1-2-8(14)15)9(16)12-3-7-13-6(4-19-7)10(17)18/h4-5H,1-3,11H2,(H,12,16)(H,14,15)(H,17,18). The molecule has 0 fully saturated rings. The Bertz CT molecular complexity index is 487. The summed E-state index contributed by atoms with van der Waals surface area (Å²) in [6, 6.07) is -0.907. The average molecular weight is 287 g/mol. The SMILES string of the molecule is NC(CCC(=O)O)C(=O)NCc1nc(C(=O)O)cs1. The molecule has 5 N–H and O–H groups in total. The van der Waals surface area contributed by atoms with Gasteiger partial charge in [0, 0.05) is 11.8 Å². The smallest absolute Gasteiger partial charge is 0.355 e. The molecule has 1 heterocycles. The van der Waals surface area contributed by atoms with E-state index in [2.05, 4.69) is 10.3 Å². The molecule has 0 spiro atoms. The van der Waals surface area contributed by atoms with E-state index >= 15 is 0 Å². The third kappa shape index (κ3) is 5.02. The molecule has 1 amide bonds. The van der Waals surface area contributed by atoms with E-state index in [1.54, 1.807) is 0 Å². The van der Waals surface area contributed by atoms with Crippen LogP contribution in [0.3, 0.4) is 0 Å². The van der Waals surface area contributed by atoms with Gasteiger partial charge in [0.2, 0.25) is 5.91 Å². The van der Waals surface area contributed by atoms with Crippen molar-refractivity contribution in [3.8, 4) is 0 Å². The highest BCUT2D eigenvalue weighted by molar-refractivity contribution is 7.09. The molecule has 104 valence electrons. The van der Waals surface area contributed by atoms with Gasteiger partial charge in [0.1, 0.15) is 5.01 Å². The number of aromatic carboxylic acids is 1. The number of nitrogens with zero attached hydrogens (tertiary/aromatic N) is 1. The van der Waals surface area contributed by atoms with Gasteiger partial charge in [0.15, 0.2) is 5.69 Å². The Morgan fingerprint density at radius 2 is 2.11 bits per heavy atom. The molecular formula is C10H13N3O5S. The van der Waals surface area contributed by atoms with Crippen molar-refractivity contribution in [1.82, 2.24) is 10.3 Å². The lowest BCUT2D eigenvalue weighted by Crippen LogP contribution is -2.40. The van der Waals surface area contributed by atoms with Crippen LogP contribution in [-0.2, 0) is 16.1 Å². The molecule has 0 bridgehead atoms. The number of thiazole rings is 1. The van der Waals surface area contributed by atoms with Crippen LogP contribution in [0.1, 0.15) is 28.3 Å². The lowest BCUT2D eigenvalue weighted by molar-refractivity contribution is -0.137. The van der Waals surface area contributed by atoms with Gasteiger partial charge in [-0.3, -0.25) is 9.59 Å². The minimum Gasteiger partial charge on any atom is -0.481 e. The largest absolute Gasteiger partial charge is 0.481 e. The van der Waals surface area contributed by atoms with Crippen LogP contribution in [0, 0.1) is 0 Å². The molecule has 0 saturated heterocycles. The second kappa shape index (κ2) is 6.81. The number of hydrogen-bond acceptors (Lipinski definition) is 6. The van der Waals surface area contributed by atoms with E-state index in [9.17, 15) is 14.4 Å². The van der Waals surface area contributed by atoms with Gasteiger partial charge in [0.25, 0.3) is 0 Å². The Kier molecular flexibility index (Phi) is 5.39. The summed E-state index contributed by atoms with van der Waals surface area (Å²) in [5.74, 6) is -2.64. The summed E-state index contributed by atoms with van der Waals surface area (Å²) in [5.41, 5.74) is 5.42. The minimum absolute atomic E-state index is 0.0411. The summed E-state index contributed by atoms with van der Waals surface area (Å²) < 4.78 is 0. The van der Waals surface area contributed by atoms with E-state index in [1.807, 2.05) is 0 Å². The molecule has 1 atom stereocenters. The highest BCUT2D eigenvalue weighted by Crippen LogP contribution is 2.09. The molecule has 9 heteroatoms. The van der Waals surface area contributed by atoms with Gasteiger partial charge >= 0.3 is 11.9 Å². The van der Waals surface area contributed by atoms with Crippen LogP contribution in [0.5, 0.6) is 0 Å². The Balaban J connectivity index is 2.40. The number of rotatable bonds is 7. The molecule has 1 aromatic rings. The number of nitrogens with one attached hydrogen (secondary N) is 1. The number of aliphatic carboxylic acids is 1. The number of carboxylic acids is 2. The second-order valence-corrected chi connectivity index (χ2v) is 4.63. The maximum atomic E-state index is 11.5. The van der Waals surface area contributed by atoms with E-state index in [0.29, 0.717) is 5.01 Å². The number of hydrogen-bond donors (Lipinski definition) is 4. The summed E-state index contributed by atoms with van der Waals surface area (Å²) >= 11 is 1.11. The molecule has 0 aliphatic rings. The zero-order valence-electron chi connectivity index (χ0n) is 9.83. The molecule has 0 radical (unpaired) electrons. The van der Waals surface area contributed by atoms with Crippen LogP contribution in [-0.4, -0.2) is 39.1 Å². The lowest BCUT2D eigenvalue weighted by Gasteiger charge is -2.09. The van der Waals surface area contributed by atoms with Crippen LogP contribution in [0.4, 0.5) is 0 Å². The predicted octanol–water partition coefficient (Wildman–Crippen LogP) is -0.350. The second-order valence-electron chi connectivity index (χ2n) is 3.69. The van der Waals surface area contributed by atoms with Crippen LogP contribution >= 0.6 is 11.3 Å². The zero-order valence-corrected chi connectivity index (χ0v) is 10.6. The third-order valence-electron chi connectivity index (χ3n) is 2.19. The molecule has 0 aliphatic carbocycles. The Hall–Kier alpha value is -2.00. The van der Waals surface area contributed by atoms with Crippen molar-refractivity contribution in [3.05, 3.63) is 16.1 Å². The van der Waals surface area contributed by atoms with Crippen LogP contribution in [0.15, 0.2) is 5.38 Å². The van der Waals surface area contributed by atoms with Gasteiger partial charge in [-0.15, -0.1) is 11.3 Å². The fourth-order valence-corrected chi connectivity index (χ4v) is 1.90. The number of nitrogens with two attached hydrogens (primary N) is 1. The van der Waals surface area contributed by atoms with Crippen LogP contribution < -0.4 is 11.1 Å². The Morgan fingerprint density at radius 1 is 1.42 bits per heavy atom. The van der Waals surface area contributed by atoms with Crippen molar-refractivity contribution in [2.75, 3.05) is 0 Å². The normalized spacial score (nSPS) is 11.8. The molecule has 0 aromatic carbocycles. The molecule has 8 nitrogen and oxygen atoms in total. The van der Waals surface area contributed by atoms with E-state index in [4.69, 9.17) is 15.9 Å². The number of carboxylic acid groups (broad SMARTS) is 2. The van der Waals surface area contributed by atoms with Gasteiger partial charge in [-0.05, 0) is 6.42 Å². The Labute approximate surface area is 112 Å². The average Bonchev–Trinajstić information content (AvgIpc) is 2.81. The van der Waals surface area contributed by atoms with Gasteiger partial charge in [-0.2, -0.15) is 0 Å². The molecule has 1 aromatic heterocycles. The van der Waals surface area contributed by atoms with Crippen LogP contribution in [0.25, 0.3) is 0 Å². The first kappa shape index (κ1) is 15.1. The van der Waals surface area contributed by atoms with E-state index in [0.717, 1.165) is 11.3 Å². The van der Waals surface area contributed by atoms with Gasteiger partial charge in [0.05, 0.1) is 12.6 Å². The molecule has 1 rings (SSSR count). The van der Waals surface area contributed by atoms with Gasteiger partial charge in [-0.25, -0.2) is 9.78 Å². The summed E-state index contributed by atoms with van der Waals surface area (Å²) in [6.45, 7) is 0.0670. The molecule has 1 unspecified atom stereocenters. The lowest BCUT2D eigenvalue weighted by atomic mass is 10.1. The fourth-order valence-electron chi connectivity index (χ4n) is 1.19.